The Balaban J connectivity index is 0.000001000. The second kappa shape index (κ2) is 7.04. The van der Waals surface area contributed by atoms with Gasteiger partial charge in [-0.2, -0.15) is 4.98 Å². The molecule has 2 heterocycles. The van der Waals surface area contributed by atoms with E-state index in [1.807, 2.05) is 6.92 Å². The van der Waals surface area contributed by atoms with Crippen molar-refractivity contribution in [3.63, 3.8) is 0 Å². The fourth-order valence-corrected chi connectivity index (χ4v) is 2.80. The summed E-state index contributed by atoms with van der Waals surface area (Å²) < 4.78 is 11.0. The number of nitrogens with zero attached hydrogens (tertiary/aromatic N) is 2. The van der Waals surface area contributed by atoms with E-state index in [1.165, 1.54) is 0 Å². The van der Waals surface area contributed by atoms with Gasteiger partial charge in [-0.1, -0.05) is 18.0 Å². The first kappa shape index (κ1) is 17.7. The molecule has 1 aliphatic carbocycles. The highest BCUT2D eigenvalue weighted by Gasteiger charge is 2.37. The number of aromatic nitrogens is 2. The predicted octanol–water partition coefficient (Wildman–Crippen LogP) is 1.69. The summed E-state index contributed by atoms with van der Waals surface area (Å²) in [6, 6.07) is -0.0231. The molecule has 1 aromatic rings. The average Bonchev–Trinajstić information content (AvgIpc) is 2.99. The number of rotatable bonds is 2. The smallest absolute Gasteiger partial charge is 0.246 e. The summed E-state index contributed by atoms with van der Waals surface area (Å²) in [6.45, 7) is 3.54. The molecule has 1 aromatic heterocycles. The van der Waals surface area contributed by atoms with Crippen molar-refractivity contribution in [1.29, 1.82) is 0 Å². The molecule has 0 spiro atoms. The maximum Gasteiger partial charge on any atom is 0.246 e. The number of hydrogen-bond donors (Lipinski definition) is 2. The van der Waals surface area contributed by atoms with Crippen molar-refractivity contribution in [3.05, 3.63) is 11.7 Å². The van der Waals surface area contributed by atoms with Gasteiger partial charge in [-0.3, -0.25) is 0 Å². The molecular weight excluding hydrogens is 303 g/mol. The zero-order valence-electron chi connectivity index (χ0n) is 11.5. The van der Waals surface area contributed by atoms with Crippen LogP contribution in [0.1, 0.15) is 50.4 Å². The van der Waals surface area contributed by atoms with Gasteiger partial charge < -0.3 is 20.3 Å². The summed E-state index contributed by atoms with van der Waals surface area (Å²) in [6.07, 6.45) is 4.21. The Morgan fingerprint density at radius 3 is 2.65 bits per heavy atom. The number of nitrogens with one attached hydrogen (secondary N) is 1. The minimum Gasteiger partial charge on any atom is -0.375 e. The van der Waals surface area contributed by atoms with E-state index in [4.69, 9.17) is 15.0 Å². The Morgan fingerprint density at radius 2 is 2.00 bits per heavy atom. The highest BCUT2D eigenvalue weighted by molar-refractivity contribution is 5.85. The van der Waals surface area contributed by atoms with Gasteiger partial charge in [0.05, 0.1) is 18.2 Å². The van der Waals surface area contributed by atoms with Crippen molar-refractivity contribution >= 4 is 24.8 Å². The van der Waals surface area contributed by atoms with Gasteiger partial charge in [0.1, 0.15) is 6.04 Å². The normalized spacial score (nSPS) is 28.5. The van der Waals surface area contributed by atoms with Gasteiger partial charge in [-0.15, -0.1) is 24.8 Å². The molecule has 0 amide bonds. The summed E-state index contributed by atoms with van der Waals surface area (Å²) in [5.74, 6) is 1.24. The van der Waals surface area contributed by atoms with E-state index in [0.29, 0.717) is 11.7 Å². The molecular formula is C12H22Cl2N4O2. The summed E-state index contributed by atoms with van der Waals surface area (Å²) in [7, 11) is 0. The van der Waals surface area contributed by atoms with Crippen LogP contribution in [0.15, 0.2) is 4.52 Å². The zero-order valence-corrected chi connectivity index (χ0v) is 13.1. The summed E-state index contributed by atoms with van der Waals surface area (Å²) in [4.78, 5) is 4.49. The Hall–Kier alpha value is -0.400. The lowest BCUT2D eigenvalue weighted by molar-refractivity contribution is -0.00136. The summed E-state index contributed by atoms with van der Waals surface area (Å²) >= 11 is 0. The lowest BCUT2D eigenvalue weighted by Gasteiger charge is -2.27. The third kappa shape index (κ3) is 3.26. The molecule has 116 valence electrons. The van der Waals surface area contributed by atoms with Crippen molar-refractivity contribution in [3.8, 4) is 0 Å². The van der Waals surface area contributed by atoms with E-state index in [1.54, 1.807) is 0 Å². The van der Waals surface area contributed by atoms with E-state index < -0.39 is 0 Å². The molecule has 3 N–H and O–H groups in total. The van der Waals surface area contributed by atoms with Crippen LogP contribution >= 0.6 is 24.8 Å². The monoisotopic (exact) mass is 324 g/mol. The molecule has 0 bridgehead atoms. The standard InChI is InChI=1S/C12H20N4O2.2ClH/c1-8-9(14-6-7-17-8)10-15-11(16-18-10)12(13)4-2-3-5-12;;/h8-9,14H,2-7,13H2,1H3;2*1H/t8-,9+;;/m1../s1. The van der Waals surface area contributed by atoms with Gasteiger partial charge in [0.2, 0.25) is 5.89 Å². The Labute approximate surface area is 131 Å². The van der Waals surface area contributed by atoms with Crippen LogP contribution in [0.3, 0.4) is 0 Å². The van der Waals surface area contributed by atoms with Crippen LogP contribution in [0.2, 0.25) is 0 Å². The van der Waals surface area contributed by atoms with Crippen LogP contribution in [0.5, 0.6) is 0 Å². The first-order valence-electron chi connectivity index (χ1n) is 6.67. The number of halogens is 2. The van der Waals surface area contributed by atoms with Crippen LogP contribution < -0.4 is 11.1 Å². The van der Waals surface area contributed by atoms with Crippen molar-refractivity contribution in [2.45, 2.75) is 50.3 Å². The number of ether oxygens (including phenoxy) is 1. The molecule has 0 aromatic carbocycles. The minimum atomic E-state index is -0.388. The lowest BCUT2D eigenvalue weighted by atomic mass is 9.98. The van der Waals surface area contributed by atoms with Gasteiger partial charge in [0.25, 0.3) is 0 Å². The van der Waals surface area contributed by atoms with Crippen molar-refractivity contribution in [1.82, 2.24) is 15.5 Å². The molecule has 0 radical (unpaired) electrons. The first-order valence-corrected chi connectivity index (χ1v) is 6.67. The number of nitrogens with two attached hydrogens (primary N) is 1. The molecule has 6 nitrogen and oxygen atoms in total. The summed E-state index contributed by atoms with van der Waals surface area (Å²) in [5, 5.41) is 7.41. The fourth-order valence-electron chi connectivity index (χ4n) is 2.80. The second-order valence-corrected chi connectivity index (χ2v) is 5.33. The van der Waals surface area contributed by atoms with E-state index in [2.05, 4.69) is 15.5 Å². The van der Waals surface area contributed by atoms with Crippen molar-refractivity contribution in [2.24, 2.45) is 5.73 Å². The lowest BCUT2D eigenvalue weighted by Crippen LogP contribution is -2.40. The molecule has 2 aliphatic rings. The van der Waals surface area contributed by atoms with Crippen molar-refractivity contribution < 1.29 is 9.26 Å². The third-order valence-electron chi connectivity index (χ3n) is 3.97. The number of hydrogen-bond acceptors (Lipinski definition) is 6. The van der Waals surface area contributed by atoms with Gasteiger partial charge in [0.15, 0.2) is 5.82 Å². The molecule has 3 rings (SSSR count). The van der Waals surface area contributed by atoms with Crippen LogP contribution in [0.4, 0.5) is 0 Å². The largest absolute Gasteiger partial charge is 0.375 e. The molecule has 1 aliphatic heterocycles. The van der Waals surface area contributed by atoms with E-state index in [0.717, 1.165) is 38.8 Å². The molecule has 8 heteroatoms. The Bertz CT molecular complexity index is 423. The molecule has 0 unspecified atom stereocenters. The topological polar surface area (TPSA) is 86.2 Å². The second-order valence-electron chi connectivity index (χ2n) is 5.33. The van der Waals surface area contributed by atoms with Gasteiger partial charge in [0, 0.05) is 6.54 Å². The molecule has 2 atom stereocenters. The van der Waals surface area contributed by atoms with Crippen LogP contribution in [0.25, 0.3) is 0 Å². The zero-order chi connectivity index (χ0) is 12.6. The minimum absolute atomic E-state index is 0. The van der Waals surface area contributed by atoms with E-state index in [9.17, 15) is 0 Å². The van der Waals surface area contributed by atoms with Gasteiger partial charge in [-0.25, -0.2) is 0 Å². The van der Waals surface area contributed by atoms with Gasteiger partial charge >= 0.3 is 0 Å². The predicted molar refractivity (Wildman–Crippen MR) is 79.3 cm³/mol. The van der Waals surface area contributed by atoms with Crippen LogP contribution in [0, 0.1) is 0 Å². The van der Waals surface area contributed by atoms with Gasteiger partial charge in [-0.05, 0) is 19.8 Å². The Kier molecular flexibility index (Phi) is 6.22. The van der Waals surface area contributed by atoms with E-state index >= 15 is 0 Å². The number of morpholine rings is 1. The summed E-state index contributed by atoms with van der Waals surface area (Å²) in [5.41, 5.74) is 5.93. The highest BCUT2D eigenvalue weighted by atomic mass is 35.5. The maximum atomic E-state index is 6.32. The SMILES string of the molecule is C[C@H]1OCCN[C@@H]1c1nc(C2(N)CCCC2)no1.Cl.Cl. The Morgan fingerprint density at radius 1 is 1.30 bits per heavy atom. The third-order valence-corrected chi connectivity index (χ3v) is 3.97. The molecule has 1 saturated heterocycles. The maximum absolute atomic E-state index is 6.32. The average molecular weight is 325 g/mol. The molecule has 20 heavy (non-hydrogen) atoms. The molecule has 1 saturated carbocycles. The quantitative estimate of drug-likeness (QED) is 0.860. The van der Waals surface area contributed by atoms with Crippen molar-refractivity contribution in [2.75, 3.05) is 13.2 Å². The fraction of sp³-hybridized carbons (Fsp3) is 0.833. The van der Waals surface area contributed by atoms with Crippen LogP contribution in [-0.2, 0) is 10.3 Å². The highest BCUT2D eigenvalue weighted by Crippen LogP contribution is 2.35. The molecule has 2 fully saturated rings. The van der Waals surface area contributed by atoms with Crippen LogP contribution in [-0.4, -0.2) is 29.4 Å². The van der Waals surface area contributed by atoms with E-state index in [-0.39, 0.29) is 42.5 Å². The first-order chi connectivity index (χ1) is 8.69.